The lowest BCUT2D eigenvalue weighted by atomic mass is 9.96. The van der Waals surface area contributed by atoms with Crippen LogP contribution >= 0.6 is 0 Å². The number of anilines is 1. The van der Waals surface area contributed by atoms with Gasteiger partial charge in [-0.3, -0.25) is 14.5 Å². The van der Waals surface area contributed by atoms with Gasteiger partial charge in [-0.15, -0.1) is 0 Å². The van der Waals surface area contributed by atoms with E-state index in [2.05, 4.69) is 5.32 Å². The monoisotopic (exact) mass is 362 g/mol. The molecule has 1 saturated heterocycles. The third-order valence-electron chi connectivity index (χ3n) is 4.40. The first-order valence-electron chi connectivity index (χ1n) is 7.61. The van der Waals surface area contributed by atoms with Crippen LogP contribution in [-0.4, -0.2) is 47.2 Å². The number of benzene rings is 1. The number of amides is 1. The number of aryl methyl sites for hydroxylation is 1. The van der Waals surface area contributed by atoms with Gasteiger partial charge in [0.25, 0.3) is 0 Å². The van der Waals surface area contributed by atoms with E-state index in [1.165, 1.54) is 19.1 Å². The average Bonchev–Trinajstić information content (AvgIpc) is 2.94. The van der Waals surface area contributed by atoms with E-state index in [9.17, 15) is 27.2 Å². The van der Waals surface area contributed by atoms with E-state index in [0.717, 1.165) is 4.90 Å². The second-order valence-electron chi connectivity index (χ2n) is 6.20. The number of aliphatic carboxylic acids is 1. The molecule has 2 N–H and O–H groups in total. The van der Waals surface area contributed by atoms with Crippen LogP contribution in [0.25, 0.3) is 0 Å². The van der Waals surface area contributed by atoms with Crippen molar-refractivity contribution in [3.63, 3.8) is 0 Å². The lowest BCUT2D eigenvalue weighted by molar-refractivity contribution is -0.188. The summed E-state index contributed by atoms with van der Waals surface area (Å²) < 4.78 is 52.8. The Hall–Kier alpha value is -2.16. The van der Waals surface area contributed by atoms with Gasteiger partial charge in [0.05, 0.1) is 23.6 Å². The number of likely N-dealkylation sites (tertiary alicyclic amines) is 1. The van der Waals surface area contributed by atoms with Gasteiger partial charge in [0.2, 0.25) is 5.91 Å². The van der Waals surface area contributed by atoms with Crippen molar-refractivity contribution < 1.29 is 32.3 Å². The van der Waals surface area contributed by atoms with Crippen LogP contribution in [0.5, 0.6) is 0 Å². The van der Waals surface area contributed by atoms with Gasteiger partial charge in [-0.05, 0) is 31.5 Å². The Labute approximate surface area is 141 Å². The summed E-state index contributed by atoms with van der Waals surface area (Å²) in [6.45, 7) is 2.04. The third-order valence-corrected chi connectivity index (χ3v) is 4.40. The third kappa shape index (κ3) is 4.28. The van der Waals surface area contributed by atoms with E-state index in [4.69, 9.17) is 5.11 Å². The van der Waals surface area contributed by atoms with Gasteiger partial charge < -0.3 is 10.4 Å². The number of carbonyl (C=O) groups is 2. The number of alkyl halides is 3. The first-order chi connectivity index (χ1) is 11.5. The minimum absolute atomic E-state index is 0.0798. The highest BCUT2D eigenvalue weighted by atomic mass is 19.4. The predicted molar refractivity (Wildman–Crippen MR) is 81.5 cm³/mol. The van der Waals surface area contributed by atoms with Crippen molar-refractivity contribution in [3.05, 3.63) is 29.6 Å². The molecule has 1 amide bonds. The molecule has 5 nitrogen and oxygen atoms in total. The Morgan fingerprint density at radius 3 is 2.44 bits per heavy atom. The van der Waals surface area contributed by atoms with E-state index in [0.29, 0.717) is 5.56 Å². The molecule has 0 aromatic heterocycles. The Balaban J connectivity index is 2.10. The van der Waals surface area contributed by atoms with Gasteiger partial charge in [0.1, 0.15) is 5.82 Å². The molecule has 0 aliphatic carbocycles. The molecular formula is C16H18F4N2O3. The molecule has 0 saturated carbocycles. The topological polar surface area (TPSA) is 69.6 Å². The molecule has 1 aromatic carbocycles. The molecule has 1 aliphatic rings. The zero-order valence-electron chi connectivity index (χ0n) is 13.6. The average molecular weight is 362 g/mol. The summed E-state index contributed by atoms with van der Waals surface area (Å²) in [4.78, 5) is 24.5. The van der Waals surface area contributed by atoms with E-state index < -0.39 is 54.8 Å². The summed E-state index contributed by atoms with van der Waals surface area (Å²) in [5.74, 6) is -6.59. The first kappa shape index (κ1) is 19.2. The van der Waals surface area contributed by atoms with E-state index in [1.807, 2.05) is 0 Å². The highest BCUT2D eigenvalue weighted by Crippen LogP contribution is 2.38. The summed E-state index contributed by atoms with van der Waals surface area (Å²) in [5, 5.41) is 11.3. The van der Waals surface area contributed by atoms with E-state index >= 15 is 0 Å². The SMILES string of the molecule is Cc1ccc(NC(=O)C(C)N2C[C@@H](C(F)(F)F)[C@H](C(=O)O)C2)c(F)c1. The van der Waals surface area contributed by atoms with Crippen LogP contribution in [0.1, 0.15) is 12.5 Å². The fourth-order valence-electron chi connectivity index (χ4n) is 2.86. The van der Waals surface area contributed by atoms with Crippen LogP contribution < -0.4 is 5.32 Å². The van der Waals surface area contributed by atoms with Gasteiger partial charge in [-0.1, -0.05) is 6.07 Å². The lowest BCUT2D eigenvalue weighted by Crippen LogP contribution is -2.41. The van der Waals surface area contributed by atoms with Crippen molar-refractivity contribution in [2.45, 2.75) is 26.1 Å². The van der Waals surface area contributed by atoms with Crippen molar-refractivity contribution >= 4 is 17.6 Å². The number of carboxylic acids is 1. The molecule has 1 aromatic rings. The molecule has 1 aliphatic heterocycles. The molecule has 3 atom stereocenters. The van der Waals surface area contributed by atoms with Crippen molar-refractivity contribution in [2.75, 3.05) is 18.4 Å². The number of nitrogens with zero attached hydrogens (tertiary/aromatic N) is 1. The van der Waals surface area contributed by atoms with Crippen LogP contribution in [0.15, 0.2) is 18.2 Å². The van der Waals surface area contributed by atoms with Crippen LogP contribution in [0.4, 0.5) is 23.2 Å². The summed E-state index contributed by atoms with van der Waals surface area (Å²) >= 11 is 0. The molecule has 25 heavy (non-hydrogen) atoms. The van der Waals surface area contributed by atoms with Crippen molar-refractivity contribution in [1.29, 1.82) is 0 Å². The second kappa shape index (κ2) is 6.99. The quantitative estimate of drug-likeness (QED) is 0.808. The molecule has 0 bridgehead atoms. The minimum Gasteiger partial charge on any atom is -0.481 e. The van der Waals surface area contributed by atoms with Gasteiger partial charge in [-0.2, -0.15) is 13.2 Å². The fourth-order valence-corrected chi connectivity index (χ4v) is 2.86. The summed E-state index contributed by atoms with van der Waals surface area (Å²) in [6, 6.07) is 3.13. The molecule has 1 unspecified atom stereocenters. The number of hydrogen-bond acceptors (Lipinski definition) is 3. The van der Waals surface area contributed by atoms with Gasteiger partial charge in [-0.25, -0.2) is 4.39 Å². The molecule has 0 radical (unpaired) electrons. The molecule has 2 rings (SSSR count). The number of hydrogen-bond donors (Lipinski definition) is 2. The number of carbonyl (C=O) groups excluding carboxylic acids is 1. The molecule has 9 heteroatoms. The summed E-state index contributed by atoms with van der Waals surface area (Å²) in [6.07, 6.45) is -4.67. The Bertz CT molecular complexity index is 678. The lowest BCUT2D eigenvalue weighted by Gasteiger charge is -2.24. The summed E-state index contributed by atoms with van der Waals surface area (Å²) in [7, 11) is 0. The Morgan fingerprint density at radius 1 is 1.32 bits per heavy atom. The fraction of sp³-hybridized carbons (Fsp3) is 0.500. The highest BCUT2D eigenvalue weighted by molar-refractivity contribution is 5.94. The normalized spacial score (nSPS) is 22.6. The standard InChI is InChI=1S/C16H18F4N2O3/c1-8-3-4-13(12(17)5-8)21-14(23)9(2)22-6-10(15(24)25)11(7-22)16(18,19)20/h3-5,9-11H,6-7H2,1-2H3,(H,21,23)(H,24,25)/t9?,10-,11-/m1/s1. The van der Waals surface area contributed by atoms with Crippen molar-refractivity contribution in [1.82, 2.24) is 4.90 Å². The number of rotatable bonds is 4. The van der Waals surface area contributed by atoms with Gasteiger partial charge >= 0.3 is 12.1 Å². The van der Waals surface area contributed by atoms with Gasteiger partial charge in [0.15, 0.2) is 0 Å². The Kier molecular flexibility index (Phi) is 5.36. The largest absolute Gasteiger partial charge is 0.481 e. The highest BCUT2D eigenvalue weighted by Gasteiger charge is 2.53. The molecular weight excluding hydrogens is 344 g/mol. The number of carboxylic acid groups (broad SMARTS) is 1. The van der Waals surface area contributed by atoms with Gasteiger partial charge in [0, 0.05) is 13.1 Å². The molecule has 1 fully saturated rings. The second-order valence-corrected chi connectivity index (χ2v) is 6.20. The molecule has 1 heterocycles. The Morgan fingerprint density at radius 2 is 1.96 bits per heavy atom. The minimum atomic E-state index is -4.67. The maximum atomic E-state index is 13.8. The van der Waals surface area contributed by atoms with Crippen LogP contribution in [-0.2, 0) is 9.59 Å². The van der Waals surface area contributed by atoms with Crippen LogP contribution in [0, 0.1) is 24.6 Å². The smallest absolute Gasteiger partial charge is 0.393 e. The maximum absolute atomic E-state index is 13.8. The zero-order chi connectivity index (χ0) is 18.9. The van der Waals surface area contributed by atoms with E-state index in [-0.39, 0.29) is 5.69 Å². The van der Waals surface area contributed by atoms with E-state index in [1.54, 1.807) is 13.0 Å². The zero-order valence-corrected chi connectivity index (χ0v) is 13.6. The summed E-state index contributed by atoms with van der Waals surface area (Å²) in [5.41, 5.74) is 0.573. The number of halogens is 4. The number of nitrogens with one attached hydrogen (secondary N) is 1. The maximum Gasteiger partial charge on any atom is 0.393 e. The van der Waals surface area contributed by atoms with Crippen LogP contribution in [0.3, 0.4) is 0 Å². The van der Waals surface area contributed by atoms with Crippen molar-refractivity contribution in [3.8, 4) is 0 Å². The van der Waals surface area contributed by atoms with Crippen molar-refractivity contribution in [2.24, 2.45) is 11.8 Å². The first-order valence-corrected chi connectivity index (χ1v) is 7.61. The van der Waals surface area contributed by atoms with Crippen LogP contribution in [0.2, 0.25) is 0 Å². The molecule has 0 spiro atoms. The predicted octanol–water partition coefficient (Wildman–Crippen LogP) is 2.66. The molecule has 138 valence electrons.